The molecule has 2 aromatic carbocycles. The number of aryl methyl sites for hydroxylation is 1. The normalized spacial score (nSPS) is 16.6. The Morgan fingerprint density at radius 3 is 2.59 bits per heavy atom. The Morgan fingerprint density at radius 2 is 1.81 bits per heavy atom. The minimum absolute atomic E-state index is 0.509. The lowest BCUT2D eigenvalue weighted by Gasteiger charge is -2.37. The number of nitrogens with two attached hydrogens (primary N) is 1. The molecular weight excluding hydrogens is 336 g/mol. The predicted octanol–water partition coefficient (Wildman–Crippen LogP) is 2.98. The number of fused-ring (bicyclic) bond motifs is 1. The summed E-state index contributed by atoms with van der Waals surface area (Å²) in [6.07, 6.45) is -0.509. The number of hydrogen-bond donors (Lipinski definition) is 2. The summed E-state index contributed by atoms with van der Waals surface area (Å²) in [5.74, 6) is 0. The van der Waals surface area contributed by atoms with Crippen LogP contribution >= 0.6 is 0 Å². The molecule has 27 heavy (non-hydrogen) atoms. The van der Waals surface area contributed by atoms with E-state index in [1.54, 1.807) is 0 Å². The van der Waals surface area contributed by atoms with Crippen molar-refractivity contribution in [3.63, 3.8) is 0 Å². The lowest BCUT2D eigenvalue weighted by atomic mass is 10.1. The second-order valence-corrected chi connectivity index (χ2v) is 7.27. The van der Waals surface area contributed by atoms with E-state index in [0.29, 0.717) is 12.2 Å². The van der Waals surface area contributed by atoms with Crippen molar-refractivity contribution in [2.45, 2.75) is 13.0 Å². The minimum atomic E-state index is -0.509. The zero-order chi connectivity index (χ0) is 18.8. The van der Waals surface area contributed by atoms with Crippen LogP contribution in [0.4, 0.5) is 11.4 Å². The molecular formula is C22H26N4O. The lowest BCUT2D eigenvalue weighted by Crippen LogP contribution is -2.47. The number of anilines is 2. The Kier molecular flexibility index (Phi) is 4.97. The molecule has 5 heteroatoms. The van der Waals surface area contributed by atoms with Gasteiger partial charge in [-0.25, -0.2) is 0 Å². The van der Waals surface area contributed by atoms with E-state index in [1.807, 2.05) is 31.2 Å². The zero-order valence-corrected chi connectivity index (χ0v) is 15.7. The van der Waals surface area contributed by atoms with Gasteiger partial charge in [0.1, 0.15) is 0 Å². The molecule has 0 aliphatic carbocycles. The fourth-order valence-corrected chi connectivity index (χ4v) is 3.80. The van der Waals surface area contributed by atoms with Gasteiger partial charge in [0.05, 0.1) is 11.6 Å². The topological polar surface area (TPSA) is 65.6 Å². The smallest absolute Gasteiger partial charge is 0.0917 e. The first kappa shape index (κ1) is 17.8. The molecule has 1 aromatic heterocycles. The van der Waals surface area contributed by atoms with Crippen LogP contribution in [0.15, 0.2) is 54.6 Å². The molecule has 1 fully saturated rings. The highest BCUT2D eigenvalue weighted by atomic mass is 16.3. The van der Waals surface area contributed by atoms with Gasteiger partial charge in [-0.1, -0.05) is 18.2 Å². The summed E-state index contributed by atoms with van der Waals surface area (Å²) in [5, 5.41) is 11.7. The van der Waals surface area contributed by atoms with Crippen molar-refractivity contribution in [1.29, 1.82) is 0 Å². The highest BCUT2D eigenvalue weighted by Crippen LogP contribution is 2.27. The number of aliphatic hydroxyl groups is 1. The molecule has 5 nitrogen and oxygen atoms in total. The Bertz CT molecular complexity index is 934. The van der Waals surface area contributed by atoms with Crippen LogP contribution in [0.25, 0.3) is 10.9 Å². The van der Waals surface area contributed by atoms with E-state index >= 15 is 0 Å². The summed E-state index contributed by atoms with van der Waals surface area (Å²) in [5.41, 5.74) is 10.7. The van der Waals surface area contributed by atoms with E-state index in [0.717, 1.165) is 43.0 Å². The van der Waals surface area contributed by atoms with Crippen molar-refractivity contribution in [2.75, 3.05) is 43.4 Å². The second-order valence-electron chi connectivity index (χ2n) is 7.27. The molecule has 0 bridgehead atoms. The minimum Gasteiger partial charge on any atom is -0.399 e. The van der Waals surface area contributed by atoms with E-state index in [4.69, 9.17) is 5.73 Å². The molecule has 0 spiro atoms. The van der Waals surface area contributed by atoms with Gasteiger partial charge >= 0.3 is 0 Å². The van der Waals surface area contributed by atoms with Gasteiger partial charge in [0.2, 0.25) is 0 Å². The summed E-state index contributed by atoms with van der Waals surface area (Å²) in [7, 11) is 0. The molecule has 0 saturated carbocycles. The van der Waals surface area contributed by atoms with Crippen LogP contribution in [0, 0.1) is 6.92 Å². The first-order valence-electron chi connectivity index (χ1n) is 9.47. The van der Waals surface area contributed by atoms with E-state index in [-0.39, 0.29) is 0 Å². The van der Waals surface area contributed by atoms with Crippen molar-refractivity contribution >= 4 is 22.3 Å². The average molecular weight is 362 g/mol. The van der Waals surface area contributed by atoms with Crippen LogP contribution in [0.1, 0.15) is 17.4 Å². The highest BCUT2D eigenvalue weighted by Gasteiger charge is 2.21. The summed E-state index contributed by atoms with van der Waals surface area (Å²) >= 11 is 0. The summed E-state index contributed by atoms with van der Waals surface area (Å²) in [4.78, 5) is 9.38. The molecule has 1 saturated heterocycles. The maximum absolute atomic E-state index is 10.5. The molecule has 3 aromatic rings. The van der Waals surface area contributed by atoms with E-state index in [2.05, 4.69) is 45.1 Å². The van der Waals surface area contributed by atoms with Crippen LogP contribution in [0.2, 0.25) is 0 Å². The van der Waals surface area contributed by atoms with Gasteiger partial charge in [-0.15, -0.1) is 0 Å². The molecule has 4 rings (SSSR count). The van der Waals surface area contributed by atoms with Gasteiger partial charge in [0.15, 0.2) is 0 Å². The van der Waals surface area contributed by atoms with Gasteiger partial charge in [-0.3, -0.25) is 9.88 Å². The molecule has 2 heterocycles. The average Bonchev–Trinajstić information content (AvgIpc) is 2.68. The molecule has 1 atom stereocenters. The SMILES string of the molecule is Cc1ccc2c(N3CCN(CC(O)c4cccc(N)c4)CC3)cccc2n1. The first-order valence-corrected chi connectivity index (χ1v) is 9.47. The van der Waals surface area contributed by atoms with Crippen LogP contribution in [0.3, 0.4) is 0 Å². The van der Waals surface area contributed by atoms with Crippen LogP contribution in [0.5, 0.6) is 0 Å². The summed E-state index contributed by atoms with van der Waals surface area (Å²) in [6, 6.07) is 18.1. The standard InChI is InChI=1S/C22H26N4O/c1-16-8-9-19-20(24-16)6-3-7-21(19)26-12-10-25(11-13-26)15-22(27)17-4-2-5-18(23)14-17/h2-9,14,22,27H,10-13,15,23H2,1H3. The number of benzene rings is 2. The Labute approximate surface area is 160 Å². The van der Waals surface area contributed by atoms with Crippen molar-refractivity contribution in [2.24, 2.45) is 0 Å². The van der Waals surface area contributed by atoms with Gasteiger partial charge in [-0.2, -0.15) is 0 Å². The third-order valence-corrected chi connectivity index (χ3v) is 5.29. The molecule has 0 amide bonds. The lowest BCUT2D eigenvalue weighted by molar-refractivity contribution is 0.109. The van der Waals surface area contributed by atoms with Crippen molar-refractivity contribution in [3.05, 3.63) is 65.9 Å². The predicted molar refractivity (Wildman–Crippen MR) is 111 cm³/mol. The number of aromatic nitrogens is 1. The third-order valence-electron chi connectivity index (χ3n) is 5.29. The van der Waals surface area contributed by atoms with Gasteiger partial charge in [0.25, 0.3) is 0 Å². The Hall–Kier alpha value is -2.63. The number of pyridine rings is 1. The van der Waals surface area contributed by atoms with E-state index in [1.165, 1.54) is 11.1 Å². The molecule has 1 aliphatic rings. The Morgan fingerprint density at radius 1 is 1.04 bits per heavy atom. The summed E-state index contributed by atoms with van der Waals surface area (Å²) < 4.78 is 0. The zero-order valence-electron chi connectivity index (χ0n) is 15.7. The number of piperazine rings is 1. The quantitative estimate of drug-likeness (QED) is 0.699. The first-order chi connectivity index (χ1) is 13.1. The molecule has 1 unspecified atom stereocenters. The molecule has 140 valence electrons. The highest BCUT2D eigenvalue weighted by molar-refractivity contribution is 5.92. The van der Waals surface area contributed by atoms with E-state index in [9.17, 15) is 5.11 Å². The van der Waals surface area contributed by atoms with Crippen LogP contribution in [-0.2, 0) is 0 Å². The Balaban J connectivity index is 1.42. The third kappa shape index (κ3) is 3.89. The largest absolute Gasteiger partial charge is 0.399 e. The van der Waals surface area contributed by atoms with E-state index < -0.39 is 6.10 Å². The van der Waals surface area contributed by atoms with Gasteiger partial charge < -0.3 is 15.7 Å². The number of hydrogen-bond acceptors (Lipinski definition) is 5. The molecule has 0 radical (unpaired) electrons. The monoisotopic (exact) mass is 362 g/mol. The van der Waals surface area contributed by atoms with Crippen molar-refractivity contribution < 1.29 is 5.11 Å². The fraction of sp³-hybridized carbons (Fsp3) is 0.318. The maximum atomic E-state index is 10.5. The van der Waals surface area contributed by atoms with Crippen LogP contribution in [-0.4, -0.2) is 47.7 Å². The maximum Gasteiger partial charge on any atom is 0.0917 e. The number of β-amino-alcohol motifs (C(OH)–C–C–N with tert-alkyl or cyclic N) is 1. The number of aliphatic hydroxyl groups excluding tert-OH is 1. The number of nitrogens with zero attached hydrogens (tertiary/aromatic N) is 3. The number of rotatable bonds is 4. The summed E-state index contributed by atoms with van der Waals surface area (Å²) in [6.45, 7) is 6.39. The van der Waals surface area contributed by atoms with Gasteiger partial charge in [-0.05, 0) is 48.9 Å². The molecule has 3 N–H and O–H groups in total. The van der Waals surface area contributed by atoms with Crippen molar-refractivity contribution in [3.8, 4) is 0 Å². The number of nitrogen functional groups attached to an aromatic ring is 1. The fourth-order valence-electron chi connectivity index (χ4n) is 3.80. The van der Waals surface area contributed by atoms with Crippen molar-refractivity contribution in [1.82, 2.24) is 9.88 Å². The second kappa shape index (κ2) is 7.55. The van der Waals surface area contributed by atoms with Crippen LogP contribution < -0.4 is 10.6 Å². The molecule has 1 aliphatic heterocycles. The van der Waals surface area contributed by atoms with Gasteiger partial charge in [0, 0.05) is 55.2 Å².